The van der Waals surface area contributed by atoms with Crippen molar-refractivity contribution in [3.05, 3.63) is 26.9 Å². The van der Waals surface area contributed by atoms with Gasteiger partial charge in [0.05, 0.1) is 18.8 Å². The number of nitrogens with one attached hydrogen (secondary N) is 2. The van der Waals surface area contributed by atoms with Crippen molar-refractivity contribution >= 4 is 26.4 Å². The first kappa shape index (κ1) is 24.4. The highest BCUT2D eigenvalue weighted by molar-refractivity contribution is 7.71. The number of rotatable bonds is 8. The number of esters is 1. The zero-order valence-electron chi connectivity index (χ0n) is 16.9. The number of aromatic amines is 1. The fourth-order valence-corrected chi connectivity index (χ4v) is 3.93. The average molecular weight is 460 g/mol. The number of aliphatic hydroxyl groups is 1. The molecule has 6 atom stereocenters. The second-order valence-corrected chi connectivity index (χ2v) is 8.68. The first-order valence-corrected chi connectivity index (χ1v) is 11.0. The lowest BCUT2D eigenvalue weighted by atomic mass is 10.0. The van der Waals surface area contributed by atoms with Gasteiger partial charge in [-0.3, -0.25) is 23.7 Å². The van der Waals surface area contributed by atoms with E-state index in [2.05, 4.69) is 10.1 Å². The van der Waals surface area contributed by atoms with Gasteiger partial charge in [-0.25, -0.2) is 5.09 Å². The molecule has 0 aliphatic carbocycles. The molecule has 11 nitrogen and oxygen atoms in total. The number of ether oxygens (including phenoxy) is 2. The molecule has 0 radical (unpaired) electrons. The van der Waals surface area contributed by atoms with E-state index < -0.39 is 44.5 Å². The van der Waals surface area contributed by atoms with Crippen LogP contribution in [0.2, 0.25) is 0 Å². The number of aliphatic hydroxyl groups excluding tert-OH is 1. The van der Waals surface area contributed by atoms with Crippen molar-refractivity contribution in [2.75, 3.05) is 6.61 Å². The van der Waals surface area contributed by atoms with Crippen LogP contribution in [0.15, 0.2) is 11.0 Å². The molecule has 1 aliphatic rings. The maximum Gasteiger partial charge on any atom is 0.323 e. The van der Waals surface area contributed by atoms with Gasteiger partial charge < -0.3 is 19.1 Å². The van der Waals surface area contributed by atoms with Crippen LogP contribution in [0.1, 0.15) is 32.6 Å². The fraction of sp³-hybridized carbons (Fsp3) is 0.647. The smallest absolute Gasteiger partial charge is 0.323 e. The summed E-state index contributed by atoms with van der Waals surface area (Å²) in [5, 5.41) is 22.4. The minimum Gasteiger partial charge on any atom is -0.462 e. The standard InChI is InChI=1S/C17H25N4O7PS/c1-8(2)27-16(24)10(4)20-29(25)26-7-12-13(22)11(5-18)15(28-12)21-6-9(3)14(23)19-17(21)30/h6,8,10-13,15,22,29H,7H2,1-4H3,(H,20,25)(H,19,23,30)/t10-,11+,12-,13?,15-/m0/s1. The van der Waals surface area contributed by atoms with E-state index in [4.69, 9.17) is 26.2 Å². The maximum absolute atomic E-state index is 12.1. The fourth-order valence-electron chi connectivity index (χ4n) is 2.81. The van der Waals surface area contributed by atoms with Gasteiger partial charge in [-0.15, -0.1) is 0 Å². The molecule has 0 spiro atoms. The lowest BCUT2D eigenvalue weighted by Gasteiger charge is -2.18. The topological polar surface area (TPSA) is 156 Å². The predicted octanol–water partition coefficient (Wildman–Crippen LogP) is 0.948. The Labute approximate surface area is 178 Å². The van der Waals surface area contributed by atoms with Gasteiger partial charge in [-0.05, 0) is 39.9 Å². The van der Waals surface area contributed by atoms with Crippen LogP contribution in [0.5, 0.6) is 0 Å². The van der Waals surface area contributed by atoms with Gasteiger partial charge in [0.15, 0.2) is 11.0 Å². The SMILES string of the molecule is Cc1cn([C@H]2O[C@@H](CO[PH](=O)N[C@@H](C)C(=O)OC(C)C)C(O)[C@H]2C#N)c(=S)[nH]c1=O. The normalized spacial score (nSPS) is 25.6. The predicted molar refractivity (Wildman–Crippen MR) is 108 cm³/mol. The summed E-state index contributed by atoms with van der Waals surface area (Å²) in [4.78, 5) is 25.9. The highest BCUT2D eigenvalue weighted by Gasteiger charge is 2.45. The molecule has 1 saturated heterocycles. The van der Waals surface area contributed by atoms with Crippen LogP contribution >= 0.6 is 20.4 Å². The van der Waals surface area contributed by atoms with Gasteiger partial charge >= 0.3 is 5.97 Å². The number of H-pyrrole nitrogens is 1. The molecule has 1 aliphatic heterocycles. The van der Waals surface area contributed by atoms with Crippen LogP contribution in [0.4, 0.5) is 0 Å². The summed E-state index contributed by atoms with van der Waals surface area (Å²) in [6.45, 7) is 6.16. The largest absolute Gasteiger partial charge is 0.462 e. The van der Waals surface area contributed by atoms with Crippen LogP contribution in [0, 0.1) is 28.9 Å². The molecule has 0 aromatic carbocycles. The molecule has 0 amide bonds. The number of carbonyl (C=O) groups is 1. The Bertz CT molecular complexity index is 957. The third kappa shape index (κ3) is 5.85. The van der Waals surface area contributed by atoms with E-state index in [9.17, 15) is 24.5 Å². The van der Waals surface area contributed by atoms with Crippen molar-refractivity contribution < 1.29 is 28.5 Å². The number of hydrogen-bond donors (Lipinski definition) is 3. The molecule has 2 heterocycles. The lowest BCUT2D eigenvalue weighted by Crippen LogP contribution is -2.34. The first-order chi connectivity index (χ1) is 14.0. The minimum absolute atomic E-state index is 0.0392. The zero-order valence-corrected chi connectivity index (χ0v) is 18.8. The number of nitriles is 1. The molecule has 1 aromatic heterocycles. The van der Waals surface area contributed by atoms with Gasteiger partial charge in [0.1, 0.15) is 24.2 Å². The molecular formula is C17H25N4O7PS. The molecule has 13 heteroatoms. The van der Waals surface area contributed by atoms with E-state index in [1.54, 1.807) is 20.8 Å². The number of aromatic nitrogens is 2. The second kappa shape index (κ2) is 10.4. The van der Waals surface area contributed by atoms with Crippen LogP contribution in [0.3, 0.4) is 0 Å². The van der Waals surface area contributed by atoms with Gasteiger partial charge in [0.2, 0.25) is 0 Å². The number of hydrogen-bond acceptors (Lipinski definition) is 9. The van der Waals surface area contributed by atoms with Crippen molar-refractivity contribution in [1.29, 1.82) is 5.26 Å². The first-order valence-electron chi connectivity index (χ1n) is 9.24. The summed E-state index contributed by atoms with van der Waals surface area (Å²) < 4.78 is 29.5. The Morgan fingerprint density at radius 3 is 2.80 bits per heavy atom. The molecule has 30 heavy (non-hydrogen) atoms. The molecule has 166 valence electrons. The van der Waals surface area contributed by atoms with Crippen molar-refractivity contribution in [2.24, 2.45) is 5.92 Å². The van der Waals surface area contributed by atoms with Crippen LogP contribution in [0.25, 0.3) is 0 Å². The quantitative estimate of drug-likeness (QED) is 0.290. The van der Waals surface area contributed by atoms with E-state index in [1.807, 2.05) is 6.07 Å². The molecule has 1 fully saturated rings. The summed E-state index contributed by atoms with van der Waals surface area (Å²) in [5.74, 6) is -1.57. The van der Waals surface area contributed by atoms with Gasteiger partial charge in [0.25, 0.3) is 13.7 Å². The monoisotopic (exact) mass is 460 g/mol. The van der Waals surface area contributed by atoms with Crippen molar-refractivity contribution in [3.63, 3.8) is 0 Å². The minimum atomic E-state index is -2.85. The molecule has 2 rings (SSSR count). The lowest BCUT2D eigenvalue weighted by molar-refractivity contribution is -0.149. The molecule has 3 N–H and O–H groups in total. The van der Waals surface area contributed by atoms with Crippen LogP contribution < -0.4 is 10.6 Å². The Morgan fingerprint density at radius 2 is 2.20 bits per heavy atom. The van der Waals surface area contributed by atoms with Crippen molar-refractivity contribution in [2.45, 2.75) is 58.3 Å². The van der Waals surface area contributed by atoms with Gasteiger partial charge in [-0.2, -0.15) is 5.26 Å². The summed E-state index contributed by atoms with van der Waals surface area (Å²) in [6, 6.07) is 1.12. The van der Waals surface area contributed by atoms with E-state index in [0.717, 1.165) is 0 Å². The van der Waals surface area contributed by atoms with Crippen LogP contribution in [-0.2, 0) is 23.4 Å². The van der Waals surface area contributed by atoms with Gasteiger partial charge in [-0.1, -0.05) is 0 Å². The maximum atomic E-state index is 12.1. The van der Waals surface area contributed by atoms with Crippen molar-refractivity contribution in [1.82, 2.24) is 14.6 Å². The highest BCUT2D eigenvalue weighted by atomic mass is 32.1. The highest BCUT2D eigenvalue weighted by Crippen LogP contribution is 2.35. The molecule has 1 aromatic rings. The summed E-state index contributed by atoms with van der Waals surface area (Å²) in [5.41, 5.74) is -0.00687. The Kier molecular flexibility index (Phi) is 8.49. The zero-order chi connectivity index (χ0) is 22.6. The number of aryl methyl sites for hydroxylation is 1. The Balaban J connectivity index is 2.03. The molecule has 2 unspecified atom stereocenters. The summed E-state index contributed by atoms with van der Waals surface area (Å²) in [7, 11) is -2.85. The third-order valence-electron chi connectivity index (χ3n) is 4.36. The summed E-state index contributed by atoms with van der Waals surface area (Å²) >= 11 is 5.13. The number of carbonyl (C=O) groups excluding carboxylic acids is 1. The van der Waals surface area contributed by atoms with Crippen LogP contribution in [-0.4, -0.2) is 51.6 Å². The average Bonchev–Trinajstić information content (AvgIpc) is 2.97. The molecular weight excluding hydrogens is 435 g/mol. The van der Waals surface area contributed by atoms with E-state index in [-0.39, 0.29) is 23.0 Å². The second-order valence-electron chi connectivity index (χ2n) is 7.14. The summed E-state index contributed by atoms with van der Waals surface area (Å²) in [6.07, 6.45) is -2.04. The van der Waals surface area contributed by atoms with Gasteiger partial charge in [0, 0.05) is 11.8 Å². The Morgan fingerprint density at radius 1 is 1.53 bits per heavy atom. The molecule has 0 bridgehead atoms. The van der Waals surface area contributed by atoms with E-state index in [0.29, 0.717) is 5.56 Å². The van der Waals surface area contributed by atoms with E-state index >= 15 is 0 Å². The third-order valence-corrected chi connectivity index (χ3v) is 5.77. The van der Waals surface area contributed by atoms with Crippen molar-refractivity contribution in [3.8, 4) is 6.07 Å². The molecule has 0 saturated carbocycles. The van der Waals surface area contributed by atoms with E-state index in [1.165, 1.54) is 17.7 Å². The number of nitrogens with zero attached hydrogens (tertiary/aromatic N) is 2. The Hall–Kier alpha value is -1.87.